The van der Waals surface area contributed by atoms with Crippen LogP contribution in [0.4, 0.5) is 5.69 Å². The molecule has 8 nitrogen and oxygen atoms in total. The quantitative estimate of drug-likeness (QED) is 0.346. The average Bonchev–Trinajstić information content (AvgIpc) is 3.61. The topological polar surface area (TPSA) is 90.4 Å². The molecule has 0 aromatic heterocycles. The predicted octanol–water partition coefficient (Wildman–Crippen LogP) is 4.15. The molecule has 3 saturated heterocycles. The van der Waals surface area contributed by atoms with Gasteiger partial charge in [-0.25, -0.2) is 0 Å². The summed E-state index contributed by atoms with van der Waals surface area (Å²) in [6.07, 6.45) is 4.50. The van der Waals surface area contributed by atoms with Gasteiger partial charge in [0, 0.05) is 43.7 Å². The lowest BCUT2D eigenvalue weighted by Gasteiger charge is -2.41. The Morgan fingerprint density at radius 1 is 1.09 bits per heavy atom. The van der Waals surface area contributed by atoms with Gasteiger partial charge in [0.25, 0.3) is 5.91 Å². The van der Waals surface area contributed by atoms with E-state index in [4.69, 9.17) is 4.74 Å². The summed E-state index contributed by atoms with van der Waals surface area (Å²) in [5.41, 5.74) is 1.68. The number of anilines is 1. The molecule has 3 fully saturated rings. The Morgan fingerprint density at radius 2 is 1.79 bits per heavy atom. The Balaban J connectivity index is 1.54. The highest BCUT2D eigenvalue weighted by Gasteiger charge is 2.76. The number of carbonyl (C=O) groups excluding carboxylic acids is 3. The maximum atomic E-state index is 14.7. The van der Waals surface area contributed by atoms with Crippen LogP contribution >= 0.6 is 11.8 Å². The second-order valence-corrected chi connectivity index (χ2v) is 13.1. The number of carbonyl (C=O) groups is 3. The molecule has 0 radical (unpaired) electrons. The molecule has 228 valence electrons. The lowest BCUT2D eigenvalue weighted by Crippen LogP contribution is -2.57. The number of rotatable bonds is 13. The van der Waals surface area contributed by atoms with Crippen molar-refractivity contribution >= 4 is 35.2 Å². The first-order valence-electron chi connectivity index (χ1n) is 14.9. The van der Waals surface area contributed by atoms with Gasteiger partial charge in [0.05, 0.1) is 23.7 Å². The molecule has 43 heavy (non-hydrogen) atoms. The van der Waals surface area contributed by atoms with Gasteiger partial charge in [-0.1, -0.05) is 49.4 Å². The summed E-state index contributed by atoms with van der Waals surface area (Å²) in [7, 11) is 1.59. The summed E-state index contributed by atoms with van der Waals surface area (Å²) < 4.78 is 4.56. The second kappa shape index (κ2) is 13.0. The number of amides is 3. The molecule has 2 bridgehead atoms. The van der Waals surface area contributed by atoms with E-state index in [1.165, 1.54) is 0 Å². The Morgan fingerprint density at radius 3 is 2.42 bits per heavy atom. The molecule has 2 aromatic rings. The third-order valence-corrected chi connectivity index (χ3v) is 11.2. The van der Waals surface area contributed by atoms with Crippen molar-refractivity contribution in [3.63, 3.8) is 0 Å². The summed E-state index contributed by atoms with van der Waals surface area (Å²) in [5, 5.41) is 9.66. The van der Waals surface area contributed by atoms with E-state index in [1.807, 2.05) is 42.5 Å². The molecule has 3 aliphatic heterocycles. The standard InChI is InChI=1S/C34H41N3O5S/c1-5-17-35(22-24-11-8-7-9-12-24)31(39)28-27-21-23(3)34(43-27)29(28)32(40)37(19-10-20-38)30(34)33(41)36(18-6-2)25-13-15-26(42-4)16-14-25/h5-9,11-16,23,27-30,38H,1-2,10,17-22H2,3-4H3/t23?,27-,28+,29+,30?,34?/m1/s1. The first kappa shape index (κ1) is 30.9. The van der Waals surface area contributed by atoms with Crippen molar-refractivity contribution in [2.75, 3.05) is 38.3 Å². The molecule has 0 saturated carbocycles. The van der Waals surface area contributed by atoms with Crippen LogP contribution in [0.3, 0.4) is 0 Å². The van der Waals surface area contributed by atoms with Gasteiger partial charge in [0.2, 0.25) is 11.8 Å². The number of aliphatic hydroxyl groups is 1. The summed E-state index contributed by atoms with van der Waals surface area (Å²) >= 11 is 1.66. The van der Waals surface area contributed by atoms with E-state index in [0.717, 1.165) is 12.0 Å². The van der Waals surface area contributed by atoms with Crippen molar-refractivity contribution in [1.82, 2.24) is 9.80 Å². The van der Waals surface area contributed by atoms with Gasteiger partial charge in [0.15, 0.2) is 0 Å². The van der Waals surface area contributed by atoms with Crippen LogP contribution in [-0.4, -0.2) is 82.0 Å². The zero-order valence-corrected chi connectivity index (χ0v) is 25.7. The second-order valence-electron chi connectivity index (χ2n) is 11.6. The minimum absolute atomic E-state index is 0.0389. The smallest absolute Gasteiger partial charge is 0.251 e. The van der Waals surface area contributed by atoms with Crippen LogP contribution in [0.25, 0.3) is 0 Å². The number of likely N-dealkylation sites (tertiary alicyclic amines) is 1. The van der Waals surface area contributed by atoms with Crippen molar-refractivity contribution in [2.45, 2.75) is 42.3 Å². The normalized spacial score (nSPS) is 27.1. The molecule has 2 aromatic carbocycles. The summed E-state index contributed by atoms with van der Waals surface area (Å²) in [5.74, 6) is -0.888. The summed E-state index contributed by atoms with van der Waals surface area (Å²) in [6, 6.07) is 16.3. The van der Waals surface area contributed by atoms with E-state index >= 15 is 0 Å². The number of benzene rings is 2. The van der Waals surface area contributed by atoms with Gasteiger partial charge in [-0.2, -0.15) is 0 Å². The average molecular weight is 604 g/mol. The molecule has 5 rings (SSSR count). The molecule has 0 aliphatic carbocycles. The monoisotopic (exact) mass is 603 g/mol. The van der Waals surface area contributed by atoms with Crippen LogP contribution in [0, 0.1) is 17.8 Å². The molecular weight excluding hydrogens is 562 g/mol. The highest BCUT2D eigenvalue weighted by Crippen LogP contribution is 2.69. The molecule has 6 atom stereocenters. The first-order chi connectivity index (χ1) is 20.8. The van der Waals surface area contributed by atoms with E-state index in [1.54, 1.807) is 57.9 Å². The summed E-state index contributed by atoms with van der Waals surface area (Å²) in [4.78, 5) is 48.6. The van der Waals surface area contributed by atoms with Crippen LogP contribution < -0.4 is 9.64 Å². The fourth-order valence-electron chi connectivity index (χ4n) is 7.33. The molecule has 3 aliphatic rings. The highest BCUT2D eigenvalue weighted by atomic mass is 32.2. The van der Waals surface area contributed by atoms with Crippen LogP contribution in [0.1, 0.15) is 25.3 Å². The molecular formula is C34H41N3O5S. The van der Waals surface area contributed by atoms with E-state index in [2.05, 4.69) is 20.1 Å². The van der Waals surface area contributed by atoms with E-state index in [9.17, 15) is 19.5 Å². The van der Waals surface area contributed by atoms with Crippen LogP contribution in [0.2, 0.25) is 0 Å². The maximum Gasteiger partial charge on any atom is 0.251 e. The van der Waals surface area contributed by atoms with Gasteiger partial charge >= 0.3 is 0 Å². The highest BCUT2D eigenvalue weighted by molar-refractivity contribution is 8.02. The minimum atomic E-state index is -0.775. The van der Waals surface area contributed by atoms with E-state index in [0.29, 0.717) is 30.9 Å². The number of hydrogen-bond donors (Lipinski definition) is 1. The van der Waals surface area contributed by atoms with Crippen molar-refractivity contribution in [1.29, 1.82) is 0 Å². The molecule has 1 N–H and O–H groups in total. The fourth-order valence-corrected chi connectivity index (χ4v) is 9.74. The fraction of sp³-hybridized carbons (Fsp3) is 0.441. The molecule has 9 heteroatoms. The third kappa shape index (κ3) is 5.38. The molecule has 1 spiro atoms. The van der Waals surface area contributed by atoms with Crippen molar-refractivity contribution in [3.05, 3.63) is 85.5 Å². The third-order valence-electron chi connectivity index (χ3n) is 9.16. The van der Waals surface area contributed by atoms with Crippen molar-refractivity contribution < 1.29 is 24.2 Å². The van der Waals surface area contributed by atoms with Gasteiger partial charge in [-0.15, -0.1) is 24.9 Å². The maximum absolute atomic E-state index is 14.7. The Bertz CT molecular complexity index is 1350. The number of thioether (sulfide) groups is 1. The number of aliphatic hydroxyl groups excluding tert-OH is 1. The number of fused-ring (bicyclic) bond motifs is 1. The van der Waals surface area contributed by atoms with Crippen LogP contribution in [0.5, 0.6) is 5.75 Å². The Hall–Kier alpha value is -3.56. The largest absolute Gasteiger partial charge is 0.497 e. The number of hydrogen-bond acceptors (Lipinski definition) is 6. The summed E-state index contributed by atoms with van der Waals surface area (Å²) in [6.45, 7) is 11.1. The van der Waals surface area contributed by atoms with Crippen molar-refractivity contribution in [2.24, 2.45) is 17.8 Å². The van der Waals surface area contributed by atoms with Gasteiger partial charge in [-0.05, 0) is 48.6 Å². The van der Waals surface area contributed by atoms with Crippen molar-refractivity contribution in [3.8, 4) is 5.75 Å². The molecule has 3 heterocycles. The predicted molar refractivity (Wildman–Crippen MR) is 170 cm³/mol. The van der Waals surface area contributed by atoms with Gasteiger partial charge in [-0.3, -0.25) is 14.4 Å². The van der Waals surface area contributed by atoms with Gasteiger partial charge in [0.1, 0.15) is 11.8 Å². The number of nitrogens with zero attached hydrogens (tertiary/aromatic N) is 3. The molecule has 3 amide bonds. The number of ether oxygens (including phenoxy) is 1. The van der Waals surface area contributed by atoms with E-state index < -0.39 is 22.6 Å². The van der Waals surface area contributed by atoms with Gasteiger partial charge < -0.3 is 24.5 Å². The lowest BCUT2D eigenvalue weighted by molar-refractivity contribution is -0.144. The zero-order chi connectivity index (χ0) is 30.7. The Kier molecular flexibility index (Phi) is 9.32. The minimum Gasteiger partial charge on any atom is -0.497 e. The van der Waals surface area contributed by atoms with E-state index in [-0.39, 0.29) is 48.6 Å². The molecule has 3 unspecified atom stereocenters. The Labute approximate surface area is 258 Å². The first-order valence-corrected chi connectivity index (χ1v) is 15.8. The number of methoxy groups -OCH3 is 1. The van der Waals surface area contributed by atoms with Crippen LogP contribution in [-0.2, 0) is 20.9 Å². The van der Waals surface area contributed by atoms with Crippen LogP contribution in [0.15, 0.2) is 79.9 Å². The SMILES string of the molecule is C=CCN(Cc1ccccc1)C(=O)[C@@H]1[C@H]2C(=O)N(CCCO)C(C(=O)N(CC=C)c3ccc(OC)cc3)C23S[C@@H]1CC3C. The zero-order valence-electron chi connectivity index (χ0n) is 24.9. The lowest BCUT2D eigenvalue weighted by atomic mass is 9.65.